The Kier molecular flexibility index (Phi) is 5.17. The number of anilines is 1. The molecule has 154 valence electrons. The van der Waals surface area contributed by atoms with Crippen molar-refractivity contribution in [2.45, 2.75) is 13.0 Å². The van der Waals surface area contributed by atoms with Crippen molar-refractivity contribution in [2.24, 2.45) is 0 Å². The molecule has 1 amide bonds. The Bertz CT molecular complexity index is 888. The van der Waals surface area contributed by atoms with Crippen LogP contribution in [-0.2, 0) is 28.0 Å². The number of benzene rings is 1. The zero-order valence-electron chi connectivity index (χ0n) is 15.4. The molecular weight excluding hydrogens is 389 g/mol. The number of nitrogens with one attached hydrogen (secondary N) is 2. The lowest BCUT2D eigenvalue weighted by atomic mass is 9.97. The van der Waals surface area contributed by atoms with Gasteiger partial charge in [0.1, 0.15) is 18.0 Å². The number of aromatic hydroxyl groups is 1. The molecule has 9 nitrogen and oxygen atoms in total. The molecule has 3 N–H and O–H groups in total. The summed E-state index contributed by atoms with van der Waals surface area (Å²) in [6.45, 7) is 6.15. The van der Waals surface area contributed by atoms with Crippen LogP contribution in [0.2, 0.25) is 0 Å². The first-order valence-electron chi connectivity index (χ1n) is 9.37. The Morgan fingerprint density at radius 2 is 1.82 bits per heavy atom. The molecule has 11 heteroatoms. The number of halogens is 1. The summed E-state index contributed by atoms with van der Waals surface area (Å²) in [5.74, 6) is -2.00. The zero-order valence-corrected chi connectivity index (χ0v) is 16.3. The van der Waals surface area contributed by atoms with Gasteiger partial charge >= 0.3 is 10.2 Å². The van der Waals surface area contributed by atoms with Crippen LogP contribution in [0.5, 0.6) is 5.75 Å². The smallest absolute Gasteiger partial charge is 0.326 e. The molecule has 28 heavy (non-hydrogen) atoms. The first kappa shape index (κ1) is 19.4. The third kappa shape index (κ3) is 3.66. The molecule has 0 radical (unpaired) electrons. The van der Waals surface area contributed by atoms with Crippen molar-refractivity contribution >= 4 is 21.8 Å². The first-order valence-corrected chi connectivity index (χ1v) is 10.8. The van der Waals surface area contributed by atoms with Gasteiger partial charge < -0.3 is 10.4 Å². The number of hydrogen-bond acceptors (Lipinski definition) is 7. The minimum atomic E-state index is -4.19. The number of nitrogens with zero attached hydrogens (tertiary/aromatic N) is 3. The van der Waals surface area contributed by atoms with Crippen LogP contribution < -0.4 is 14.3 Å². The van der Waals surface area contributed by atoms with E-state index >= 15 is 4.39 Å². The summed E-state index contributed by atoms with van der Waals surface area (Å²) >= 11 is 0. The number of amides is 1. The van der Waals surface area contributed by atoms with Crippen LogP contribution >= 0.6 is 0 Å². The number of phenols is 1. The molecule has 2 fully saturated rings. The van der Waals surface area contributed by atoms with Crippen LogP contribution in [0.4, 0.5) is 10.1 Å². The van der Waals surface area contributed by atoms with E-state index in [1.807, 2.05) is 0 Å². The second-order valence-electron chi connectivity index (χ2n) is 7.35. The largest absolute Gasteiger partial charge is 0.506 e. The molecule has 0 aliphatic carbocycles. The van der Waals surface area contributed by atoms with Crippen molar-refractivity contribution in [3.8, 4) is 5.75 Å². The fourth-order valence-electron chi connectivity index (χ4n) is 3.98. The van der Waals surface area contributed by atoms with E-state index < -0.39 is 39.9 Å². The Morgan fingerprint density at radius 3 is 2.50 bits per heavy atom. The van der Waals surface area contributed by atoms with Crippen LogP contribution in [0.25, 0.3) is 0 Å². The molecule has 4 rings (SSSR count). The van der Waals surface area contributed by atoms with Gasteiger partial charge in [-0.2, -0.15) is 8.42 Å². The molecule has 0 unspecified atom stereocenters. The molecule has 1 aromatic rings. The zero-order chi connectivity index (χ0) is 19.9. The van der Waals surface area contributed by atoms with Gasteiger partial charge in [-0.3, -0.25) is 14.6 Å². The van der Waals surface area contributed by atoms with Crippen molar-refractivity contribution in [1.29, 1.82) is 0 Å². The summed E-state index contributed by atoms with van der Waals surface area (Å²) in [7, 11) is -4.19. The second-order valence-corrected chi connectivity index (χ2v) is 8.95. The fraction of sp³-hybridized carbons (Fsp3) is 0.588. The lowest BCUT2D eigenvalue weighted by molar-refractivity contribution is -0.117. The van der Waals surface area contributed by atoms with Crippen LogP contribution in [0.15, 0.2) is 6.07 Å². The van der Waals surface area contributed by atoms with Crippen LogP contribution in [0.1, 0.15) is 11.1 Å². The van der Waals surface area contributed by atoms with E-state index in [0.717, 1.165) is 45.8 Å². The predicted octanol–water partition coefficient (Wildman–Crippen LogP) is -1.02. The van der Waals surface area contributed by atoms with Crippen molar-refractivity contribution in [2.75, 3.05) is 56.7 Å². The molecule has 2 saturated heterocycles. The molecule has 3 heterocycles. The number of carbonyl (C=O) groups is 1. The van der Waals surface area contributed by atoms with Gasteiger partial charge in [-0.25, -0.2) is 13.4 Å². The van der Waals surface area contributed by atoms with Crippen LogP contribution in [0.3, 0.4) is 0 Å². The minimum absolute atomic E-state index is 0.343. The highest BCUT2D eigenvalue weighted by molar-refractivity contribution is 7.92. The molecule has 0 aromatic heterocycles. The Balaban J connectivity index is 1.55. The summed E-state index contributed by atoms with van der Waals surface area (Å²) in [4.78, 5) is 16.0. The highest BCUT2D eigenvalue weighted by atomic mass is 32.2. The van der Waals surface area contributed by atoms with E-state index in [1.54, 1.807) is 4.72 Å². The van der Waals surface area contributed by atoms with E-state index in [-0.39, 0.29) is 0 Å². The van der Waals surface area contributed by atoms with Gasteiger partial charge in [-0.1, -0.05) is 0 Å². The molecule has 1 aromatic carbocycles. The monoisotopic (exact) mass is 413 g/mol. The maximum atomic E-state index is 15.3. The summed E-state index contributed by atoms with van der Waals surface area (Å²) in [5.41, 5.74) is 0.600. The van der Waals surface area contributed by atoms with Gasteiger partial charge in [0.05, 0.1) is 0 Å². The Morgan fingerprint density at radius 1 is 1.11 bits per heavy atom. The number of hydrogen-bond donors (Lipinski definition) is 3. The van der Waals surface area contributed by atoms with Gasteiger partial charge in [-0.15, -0.1) is 0 Å². The van der Waals surface area contributed by atoms with Crippen molar-refractivity contribution in [1.82, 2.24) is 19.8 Å². The summed E-state index contributed by atoms with van der Waals surface area (Å²) in [6.07, 6.45) is 0.575. The lowest BCUT2D eigenvalue weighted by Gasteiger charge is -2.33. The third-order valence-corrected chi connectivity index (χ3v) is 6.88. The average molecular weight is 413 g/mol. The maximum absolute atomic E-state index is 15.3. The minimum Gasteiger partial charge on any atom is -0.506 e. The van der Waals surface area contributed by atoms with Gasteiger partial charge in [0.2, 0.25) is 0 Å². The van der Waals surface area contributed by atoms with Crippen molar-refractivity contribution in [3.05, 3.63) is 23.0 Å². The van der Waals surface area contributed by atoms with E-state index in [2.05, 4.69) is 15.1 Å². The van der Waals surface area contributed by atoms with E-state index in [0.29, 0.717) is 28.4 Å². The first-order chi connectivity index (χ1) is 13.3. The SMILES string of the molecule is O=C1CN(c2c(O)cc3c(c2F)CN(CCN2CCNCC2)CC3)S(=O)(=O)N1. The van der Waals surface area contributed by atoms with E-state index in [4.69, 9.17) is 0 Å². The van der Waals surface area contributed by atoms with Crippen LogP contribution in [-0.4, -0.2) is 81.6 Å². The molecule has 0 spiro atoms. The highest BCUT2D eigenvalue weighted by Gasteiger charge is 2.39. The highest BCUT2D eigenvalue weighted by Crippen LogP contribution is 2.38. The van der Waals surface area contributed by atoms with E-state index in [1.165, 1.54) is 6.07 Å². The molecule has 3 aliphatic heterocycles. The quantitative estimate of drug-likeness (QED) is 0.580. The molecule has 0 atom stereocenters. The number of piperazine rings is 1. The van der Waals surface area contributed by atoms with E-state index in [9.17, 15) is 18.3 Å². The maximum Gasteiger partial charge on any atom is 0.326 e. The molecule has 3 aliphatic rings. The number of carbonyl (C=O) groups excluding carboxylic acids is 1. The number of fused-ring (bicyclic) bond motifs is 1. The Labute approximate surface area is 163 Å². The standard InChI is InChI=1S/C17H24FN5O4S/c18-16-13-10-22(8-7-21-5-2-19-3-6-21)4-1-12(13)9-14(24)17(16)23-11-15(25)20-28(23,26)27/h9,19,24H,1-8,10-11H2,(H,20,25). The van der Waals surface area contributed by atoms with Gasteiger partial charge in [0.15, 0.2) is 5.82 Å². The summed E-state index contributed by atoms with van der Waals surface area (Å²) < 4.78 is 41.8. The number of rotatable bonds is 4. The normalized spacial score (nSPS) is 22.9. The van der Waals surface area contributed by atoms with Crippen molar-refractivity contribution < 1.29 is 22.7 Å². The predicted molar refractivity (Wildman–Crippen MR) is 101 cm³/mol. The van der Waals surface area contributed by atoms with Gasteiger partial charge in [0, 0.05) is 57.9 Å². The lowest BCUT2D eigenvalue weighted by Crippen LogP contribution is -2.46. The summed E-state index contributed by atoms with van der Waals surface area (Å²) in [5, 5.41) is 13.6. The van der Waals surface area contributed by atoms with Gasteiger partial charge in [-0.05, 0) is 18.1 Å². The molecule has 0 saturated carbocycles. The third-order valence-electron chi connectivity index (χ3n) is 5.50. The van der Waals surface area contributed by atoms with Crippen LogP contribution in [0, 0.1) is 5.82 Å². The van der Waals surface area contributed by atoms with Gasteiger partial charge in [0.25, 0.3) is 5.91 Å². The summed E-state index contributed by atoms with van der Waals surface area (Å²) in [6, 6.07) is 1.42. The molecular formula is C17H24FN5O4S. The second kappa shape index (κ2) is 7.47. The van der Waals surface area contributed by atoms with Crippen molar-refractivity contribution in [3.63, 3.8) is 0 Å². The Hall–Kier alpha value is -1.95. The fourth-order valence-corrected chi connectivity index (χ4v) is 5.15. The average Bonchev–Trinajstić information content (AvgIpc) is 2.93. The number of phenolic OH excluding ortho intramolecular Hbond substituents is 1. The molecule has 0 bridgehead atoms. The topological polar surface area (TPSA) is 105 Å².